The van der Waals surface area contributed by atoms with Crippen molar-refractivity contribution in [1.82, 2.24) is 0 Å². The Morgan fingerprint density at radius 1 is 0.867 bits per heavy atom. The van der Waals surface area contributed by atoms with Gasteiger partial charge in [0.25, 0.3) is 0 Å². The zero-order valence-electron chi connectivity index (χ0n) is 8.41. The van der Waals surface area contributed by atoms with Gasteiger partial charge in [-0.1, -0.05) is 36.4 Å². The molecule has 2 aromatic rings. The Kier molecular flexibility index (Phi) is 3.87. The standard InChI is InChI=1S/C13H11F.ClH/c1-10-4-2-3-5-13(10)11-6-8-12(14)9-7-11;/h2-9H,1H3;1H. The van der Waals surface area contributed by atoms with Crippen LogP contribution in [0.5, 0.6) is 0 Å². The third kappa shape index (κ3) is 2.57. The van der Waals surface area contributed by atoms with E-state index in [2.05, 4.69) is 13.0 Å². The van der Waals surface area contributed by atoms with Gasteiger partial charge in [-0.05, 0) is 35.7 Å². The summed E-state index contributed by atoms with van der Waals surface area (Å²) >= 11 is 0. The second kappa shape index (κ2) is 4.94. The number of halogens is 2. The summed E-state index contributed by atoms with van der Waals surface area (Å²) in [5, 5.41) is 0. The molecule has 0 spiro atoms. The van der Waals surface area contributed by atoms with E-state index < -0.39 is 0 Å². The van der Waals surface area contributed by atoms with Gasteiger partial charge in [0.15, 0.2) is 0 Å². The van der Waals surface area contributed by atoms with Gasteiger partial charge in [0.05, 0.1) is 0 Å². The highest BCUT2D eigenvalue weighted by molar-refractivity contribution is 5.85. The fourth-order valence-corrected chi connectivity index (χ4v) is 1.53. The molecule has 15 heavy (non-hydrogen) atoms. The lowest BCUT2D eigenvalue weighted by Crippen LogP contribution is -1.82. The van der Waals surface area contributed by atoms with Crippen LogP contribution >= 0.6 is 12.4 Å². The first-order valence-corrected chi connectivity index (χ1v) is 4.59. The highest BCUT2D eigenvalue weighted by Crippen LogP contribution is 2.22. The van der Waals surface area contributed by atoms with Gasteiger partial charge in [0, 0.05) is 0 Å². The minimum Gasteiger partial charge on any atom is -0.207 e. The molecule has 0 unspecified atom stereocenters. The van der Waals surface area contributed by atoms with Crippen LogP contribution in [0.2, 0.25) is 0 Å². The molecule has 2 aromatic carbocycles. The lowest BCUT2D eigenvalue weighted by Gasteiger charge is -2.04. The number of hydrogen-bond donors (Lipinski definition) is 0. The van der Waals surface area contributed by atoms with E-state index in [1.54, 1.807) is 12.1 Å². The smallest absolute Gasteiger partial charge is 0.123 e. The summed E-state index contributed by atoms with van der Waals surface area (Å²) in [7, 11) is 0. The molecule has 0 N–H and O–H groups in total. The summed E-state index contributed by atoms with van der Waals surface area (Å²) in [6, 6.07) is 14.7. The molecule has 0 nitrogen and oxygen atoms in total. The molecule has 78 valence electrons. The second-order valence-electron chi connectivity index (χ2n) is 3.32. The number of rotatable bonds is 1. The van der Waals surface area contributed by atoms with Crippen molar-refractivity contribution < 1.29 is 4.39 Å². The van der Waals surface area contributed by atoms with Crippen LogP contribution in [0.1, 0.15) is 5.56 Å². The highest BCUT2D eigenvalue weighted by atomic mass is 35.5. The lowest BCUT2D eigenvalue weighted by molar-refractivity contribution is 0.628. The second-order valence-corrected chi connectivity index (χ2v) is 3.32. The van der Waals surface area contributed by atoms with Gasteiger partial charge >= 0.3 is 0 Å². The van der Waals surface area contributed by atoms with Crippen LogP contribution in [0.4, 0.5) is 4.39 Å². The third-order valence-corrected chi connectivity index (χ3v) is 2.30. The van der Waals surface area contributed by atoms with Crippen molar-refractivity contribution in [3.8, 4) is 11.1 Å². The fraction of sp³-hybridized carbons (Fsp3) is 0.0769. The number of hydrogen-bond acceptors (Lipinski definition) is 0. The maximum Gasteiger partial charge on any atom is 0.123 e. The maximum absolute atomic E-state index is 12.7. The molecule has 0 bridgehead atoms. The summed E-state index contributed by atoms with van der Waals surface area (Å²) in [4.78, 5) is 0. The van der Waals surface area contributed by atoms with Crippen molar-refractivity contribution >= 4 is 12.4 Å². The van der Waals surface area contributed by atoms with Crippen LogP contribution in [-0.2, 0) is 0 Å². The van der Waals surface area contributed by atoms with Crippen LogP contribution in [-0.4, -0.2) is 0 Å². The monoisotopic (exact) mass is 222 g/mol. The summed E-state index contributed by atoms with van der Waals surface area (Å²) in [6.45, 7) is 2.05. The van der Waals surface area contributed by atoms with Crippen molar-refractivity contribution in [1.29, 1.82) is 0 Å². The summed E-state index contributed by atoms with van der Waals surface area (Å²) in [6.07, 6.45) is 0. The Morgan fingerprint density at radius 3 is 2.07 bits per heavy atom. The third-order valence-electron chi connectivity index (χ3n) is 2.30. The van der Waals surface area contributed by atoms with Crippen molar-refractivity contribution in [3.05, 3.63) is 59.9 Å². The molecule has 0 heterocycles. The Labute approximate surface area is 95.2 Å². The molecular formula is C13H12ClF. The van der Waals surface area contributed by atoms with Crippen LogP contribution in [0.3, 0.4) is 0 Å². The van der Waals surface area contributed by atoms with E-state index in [1.807, 2.05) is 18.2 Å². The van der Waals surface area contributed by atoms with Crippen molar-refractivity contribution in [2.24, 2.45) is 0 Å². The van der Waals surface area contributed by atoms with Crippen LogP contribution < -0.4 is 0 Å². The van der Waals surface area contributed by atoms with Gasteiger partial charge in [0.1, 0.15) is 5.82 Å². The lowest BCUT2D eigenvalue weighted by atomic mass is 10.0. The Bertz CT molecular complexity index is 435. The van der Waals surface area contributed by atoms with Gasteiger partial charge in [-0.15, -0.1) is 12.4 Å². The van der Waals surface area contributed by atoms with Gasteiger partial charge in [-0.3, -0.25) is 0 Å². The molecule has 2 heteroatoms. The molecule has 0 aromatic heterocycles. The van der Waals surface area contributed by atoms with E-state index in [9.17, 15) is 4.39 Å². The number of benzene rings is 2. The average molecular weight is 223 g/mol. The number of aryl methyl sites for hydroxylation is 1. The largest absolute Gasteiger partial charge is 0.207 e. The van der Waals surface area contributed by atoms with Gasteiger partial charge < -0.3 is 0 Å². The highest BCUT2D eigenvalue weighted by Gasteiger charge is 1.99. The molecule has 0 aliphatic rings. The zero-order chi connectivity index (χ0) is 9.97. The SMILES string of the molecule is Cc1ccccc1-c1ccc(F)cc1.Cl. The van der Waals surface area contributed by atoms with E-state index in [0.29, 0.717) is 0 Å². The zero-order valence-corrected chi connectivity index (χ0v) is 9.22. The molecule has 0 amide bonds. The summed E-state index contributed by atoms with van der Waals surface area (Å²) in [5.74, 6) is -0.192. The topological polar surface area (TPSA) is 0 Å². The quantitative estimate of drug-likeness (QED) is 0.678. The first kappa shape index (κ1) is 11.7. The van der Waals surface area contributed by atoms with E-state index in [0.717, 1.165) is 11.1 Å². The molecular weight excluding hydrogens is 211 g/mol. The Hall–Kier alpha value is -1.34. The van der Waals surface area contributed by atoms with E-state index in [1.165, 1.54) is 17.7 Å². The first-order chi connectivity index (χ1) is 6.77. The minimum absolute atomic E-state index is 0. The van der Waals surface area contributed by atoms with Gasteiger partial charge in [-0.25, -0.2) is 4.39 Å². The molecule has 0 saturated heterocycles. The Balaban J connectivity index is 0.00000112. The van der Waals surface area contributed by atoms with Crippen LogP contribution in [0, 0.1) is 12.7 Å². The molecule has 0 fully saturated rings. The predicted molar refractivity (Wildman–Crippen MR) is 63.8 cm³/mol. The van der Waals surface area contributed by atoms with Gasteiger partial charge in [-0.2, -0.15) is 0 Å². The maximum atomic E-state index is 12.7. The molecule has 0 atom stereocenters. The summed E-state index contributed by atoms with van der Waals surface area (Å²) < 4.78 is 12.7. The molecule has 0 saturated carbocycles. The van der Waals surface area contributed by atoms with Crippen LogP contribution in [0.15, 0.2) is 48.5 Å². The Morgan fingerprint density at radius 2 is 1.47 bits per heavy atom. The van der Waals surface area contributed by atoms with E-state index in [4.69, 9.17) is 0 Å². The predicted octanol–water partition coefficient (Wildman–Crippen LogP) is 4.22. The van der Waals surface area contributed by atoms with E-state index in [-0.39, 0.29) is 18.2 Å². The fourth-order valence-electron chi connectivity index (χ4n) is 1.53. The molecule has 0 aliphatic carbocycles. The normalized spacial score (nSPS) is 9.47. The minimum atomic E-state index is -0.192. The van der Waals surface area contributed by atoms with Crippen molar-refractivity contribution in [2.45, 2.75) is 6.92 Å². The molecule has 0 radical (unpaired) electrons. The first-order valence-electron chi connectivity index (χ1n) is 4.59. The average Bonchev–Trinajstić information content (AvgIpc) is 2.20. The molecule has 2 rings (SSSR count). The van der Waals surface area contributed by atoms with Crippen molar-refractivity contribution in [2.75, 3.05) is 0 Å². The van der Waals surface area contributed by atoms with Gasteiger partial charge in [0.2, 0.25) is 0 Å². The molecule has 0 aliphatic heterocycles. The van der Waals surface area contributed by atoms with Crippen LogP contribution in [0.25, 0.3) is 11.1 Å². The van der Waals surface area contributed by atoms with E-state index >= 15 is 0 Å². The summed E-state index contributed by atoms with van der Waals surface area (Å²) in [5.41, 5.74) is 3.43. The van der Waals surface area contributed by atoms with Crippen molar-refractivity contribution in [3.63, 3.8) is 0 Å².